The van der Waals surface area contributed by atoms with Crippen molar-refractivity contribution in [2.24, 2.45) is 0 Å². The van der Waals surface area contributed by atoms with E-state index in [1.807, 2.05) is 0 Å². The van der Waals surface area contributed by atoms with Crippen LogP contribution in [-0.2, 0) is 15.6 Å². The van der Waals surface area contributed by atoms with Gasteiger partial charge in [0.2, 0.25) is 0 Å². The first kappa shape index (κ1) is 13.5. The molecule has 0 atom stereocenters. The standard InChI is InChI=1S/C10H7BrClFN2O2S/c11-8-2-1-7(9(13)3-8)4-15-5-10(14-6-15)18(12,16)17/h1-3,5-6H,4H2. The van der Waals surface area contributed by atoms with Crippen LogP contribution in [0.3, 0.4) is 0 Å². The Kier molecular flexibility index (Phi) is 3.74. The van der Waals surface area contributed by atoms with Crippen LogP contribution < -0.4 is 0 Å². The second-order valence-electron chi connectivity index (χ2n) is 3.56. The van der Waals surface area contributed by atoms with Crippen LogP contribution in [-0.4, -0.2) is 18.0 Å². The van der Waals surface area contributed by atoms with E-state index in [0.29, 0.717) is 10.0 Å². The van der Waals surface area contributed by atoms with Crippen molar-refractivity contribution < 1.29 is 12.8 Å². The highest BCUT2D eigenvalue weighted by Gasteiger charge is 2.14. The number of rotatable bonds is 3. The number of aromatic nitrogens is 2. The fourth-order valence-electron chi connectivity index (χ4n) is 1.40. The van der Waals surface area contributed by atoms with Gasteiger partial charge in [-0.1, -0.05) is 22.0 Å². The second kappa shape index (κ2) is 4.99. The Balaban J connectivity index is 2.27. The number of benzene rings is 1. The summed E-state index contributed by atoms with van der Waals surface area (Å²) >= 11 is 3.16. The number of hydrogen-bond donors (Lipinski definition) is 0. The molecule has 2 aromatic rings. The minimum atomic E-state index is -3.85. The first-order valence-corrected chi connectivity index (χ1v) is 7.87. The van der Waals surface area contributed by atoms with Gasteiger partial charge in [0, 0.05) is 26.9 Å². The molecule has 2 rings (SSSR count). The molecule has 0 aliphatic rings. The van der Waals surface area contributed by atoms with Gasteiger partial charge < -0.3 is 4.57 Å². The molecule has 0 N–H and O–H groups in total. The predicted molar refractivity (Wildman–Crippen MR) is 68.5 cm³/mol. The molecular formula is C10H7BrClFN2O2S. The summed E-state index contributed by atoms with van der Waals surface area (Å²) in [6.07, 6.45) is 2.54. The van der Waals surface area contributed by atoms with Crippen LogP contribution in [0.25, 0.3) is 0 Å². The highest BCUT2D eigenvalue weighted by atomic mass is 79.9. The minimum Gasteiger partial charge on any atom is -0.332 e. The third kappa shape index (κ3) is 3.09. The van der Waals surface area contributed by atoms with Crippen LogP contribution in [0.2, 0.25) is 0 Å². The molecule has 1 aromatic carbocycles. The Morgan fingerprint density at radius 2 is 2.17 bits per heavy atom. The number of halogens is 3. The summed E-state index contributed by atoms with van der Waals surface area (Å²) in [6, 6.07) is 4.65. The van der Waals surface area contributed by atoms with Crippen LogP contribution in [0.4, 0.5) is 4.39 Å². The summed E-state index contributed by atoms with van der Waals surface area (Å²) < 4.78 is 37.7. The zero-order valence-electron chi connectivity index (χ0n) is 8.85. The maximum atomic E-state index is 13.6. The van der Waals surface area contributed by atoms with Crippen molar-refractivity contribution in [3.63, 3.8) is 0 Å². The fraction of sp³-hybridized carbons (Fsp3) is 0.100. The number of hydrogen-bond acceptors (Lipinski definition) is 3. The Labute approximate surface area is 116 Å². The molecule has 0 saturated heterocycles. The molecule has 0 saturated carbocycles. The fourth-order valence-corrected chi connectivity index (χ4v) is 2.41. The Hall–Kier alpha value is -0.920. The lowest BCUT2D eigenvalue weighted by molar-refractivity contribution is 0.598. The van der Waals surface area contributed by atoms with E-state index in [1.165, 1.54) is 23.2 Å². The summed E-state index contributed by atoms with van der Waals surface area (Å²) in [5.74, 6) is -0.381. The molecule has 4 nitrogen and oxygen atoms in total. The molecular weight excluding hydrogens is 347 g/mol. The average molecular weight is 354 g/mol. The maximum absolute atomic E-state index is 13.6. The Morgan fingerprint density at radius 3 is 2.72 bits per heavy atom. The lowest BCUT2D eigenvalue weighted by atomic mass is 10.2. The Bertz CT molecular complexity index is 687. The van der Waals surface area contributed by atoms with Gasteiger partial charge in [-0.05, 0) is 12.1 Å². The maximum Gasteiger partial charge on any atom is 0.280 e. The van der Waals surface area contributed by atoms with Gasteiger partial charge in [-0.15, -0.1) is 0 Å². The van der Waals surface area contributed by atoms with Gasteiger partial charge in [0.25, 0.3) is 9.05 Å². The molecule has 0 radical (unpaired) electrons. The Morgan fingerprint density at radius 1 is 1.44 bits per heavy atom. The zero-order chi connectivity index (χ0) is 13.3. The van der Waals surface area contributed by atoms with E-state index >= 15 is 0 Å². The van der Waals surface area contributed by atoms with E-state index < -0.39 is 9.05 Å². The van der Waals surface area contributed by atoms with Gasteiger partial charge in [-0.25, -0.2) is 17.8 Å². The van der Waals surface area contributed by atoms with Crippen LogP contribution in [0.15, 0.2) is 40.2 Å². The van der Waals surface area contributed by atoms with Gasteiger partial charge in [-0.3, -0.25) is 0 Å². The highest BCUT2D eigenvalue weighted by Crippen LogP contribution is 2.17. The third-order valence-electron chi connectivity index (χ3n) is 2.23. The van der Waals surface area contributed by atoms with Crippen molar-refractivity contribution in [1.82, 2.24) is 9.55 Å². The van der Waals surface area contributed by atoms with Crippen LogP contribution in [0.1, 0.15) is 5.56 Å². The molecule has 0 aliphatic carbocycles. The van der Waals surface area contributed by atoms with E-state index in [0.717, 1.165) is 0 Å². The quantitative estimate of drug-likeness (QED) is 0.797. The molecule has 1 aromatic heterocycles. The molecule has 18 heavy (non-hydrogen) atoms. The third-order valence-corrected chi connectivity index (χ3v) is 3.91. The lowest BCUT2D eigenvalue weighted by Crippen LogP contribution is -1.99. The van der Waals surface area contributed by atoms with Gasteiger partial charge >= 0.3 is 0 Å². The van der Waals surface area contributed by atoms with Crippen molar-refractivity contribution in [2.75, 3.05) is 0 Å². The average Bonchev–Trinajstić information content (AvgIpc) is 2.70. The topological polar surface area (TPSA) is 52.0 Å². The van der Waals surface area contributed by atoms with E-state index in [2.05, 4.69) is 20.9 Å². The van der Waals surface area contributed by atoms with Gasteiger partial charge in [-0.2, -0.15) is 0 Å². The molecule has 1 heterocycles. The van der Waals surface area contributed by atoms with E-state index in [9.17, 15) is 12.8 Å². The molecule has 0 aliphatic heterocycles. The van der Waals surface area contributed by atoms with Crippen LogP contribution in [0.5, 0.6) is 0 Å². The molecule has 8 heteroatoms. The second-order valence-corrected chi connectivity index (χ2v) is 6.99. The van der Waals surface area contributed by atoms with Crippen LogP contribution >= 0.6 is 26.6 Å². The summed E-state index contributed by atoms with van der Waals surface area (Å²) in [6.45, 7) is 0.179. The van der Waals surface area contributed by atoms with E-state index in [4.69, 9.17) is 10.7 Å². The van der Waals surface area contributed by atoms with Crippen molar-refractivity contribution in [2.45, 2.75) is 11.6 Å². The molecule has 0 amide bonds. The molecule has 96 valence electrons. The first-order chi connectivity index (χ1) is 8.36. The predicted octanol–water partition coefficient (Wildman–Crippen LogP) is 2.76. The summed E-state index contributed by atoms with van der Waals surface area (Å²) in [5, 5.41) is -0.248. The van der Waals surface area contributed by atoms with Crippen molar-refractivity contribution in [3.8, 4) is 0 Å². The molecule has 0 spiro atoms. The normalized spacial score (nSPS) is 11.7. The van der Waals surface area contributed by atoms with E-state index in [1.54, 1.807) is 12.1 Å². The van der Waals surface area contributed by atoms with Gasteiger partial charge in [0.05, 0.1) is 12.9 Å². The lowest BCUT2D eigenvalue weighted by Gasteiger charge is -2.04. The van der Waals surface area contributed by atoms with Crippen LogP contribution in [0, 0.1) is 5.82 Å². The number of imidazole rings is 1. The van der Waals surface area contributed by atoms with E-state index in [-0.39, 0.29) is 17.4 Å². The van der Waals surface area contributed by atoms with Gasteiger partial charge in [0.15, 0.2) is 5.03 Å². The smallest absolute Gasteiger partial charge is 0.280 e. The zero-order valence-corrected chi connectivity index (χ0v) is 12.0. The highest BCUT2D eigenvalue weighted by molar-refractivity contribution is 9.10. The minimum absolute atomic E-state index is 0.179. The first-order valence-electron chi connectivity index (χ1n) is 4.76. The van der Waals surface area contributed by atoms with Crippen molar-refractivity contribution >= 4 is 35.7 Å². The monoisotopic (exact) mass is 352 g/mol. The summed E-state index contributed by atoms with van der Waals surface area (Å²) in [7, 11) is 1.29. The number of nitrogens with zero attached hydrogens (tertiary/aromatic N) is 2. The largest absolute Gasteiger partial charge is 0.332 e. The summed E-state index contributed by atoms with van der Waals surface area (Å²) in [4.78, 5) is 3.64. The van der Waals surface area contributed by atoms with Crippen molar-refractivity contribution in [3.05, 3.63) is 46.6 Å². The summed E-state index contributed by atoms with van der Waals surface area (Å²) in [5.41, 5.74) is 0.425. The molecule has 0 bridgehead atoms. The van der Waals surface area contributed by atoms with Gasteiger partial charge in [0.1, 0.15) is 5.82 Å². The molecule has 0 fully saturated rings. The SMILES string of the molecule is O=S(=O)(Cl)c1cn(Cc2ccc(Br)cc2F)cn1. The molecule has 0 unspecified atom stereocenters. The van der Waals surface area contributed by atoms with Crippen molar-refractivity contribution in [1.29, 1.82) is 0 Å².